The number of halogens is 1. The van der Waals surface area contributed by atoms with Crippen molar-refractivity contribution in [2.45, 2.75) is 6.42 Å². The van der Waals surface area contributed by atoms with E-state index in [2.05, 4.69) is 27.4 Å². The van der Waals surface area contributed by atoms with Gasteiger partial charge in [0.1, 0.15) is 23.8 Å². The number of benzene rings is 1. The van der Waals surface area contributed by atoms with E-state index in [1.54, 1.807) is 0 Å². The molecule has 0 saturated carbocycles. The average molecular weight is 259 g/mol. The van der Waals surface area contributed by atoms with Gasteiger partial charge in [0.2, 0.25) is 0 Å². The number of rotatable bonds is 4. The second kappa shape index (κ2) is 5.99. The van der Waals surface area contributed by atoms with E-state index in [4.69, 9.17) is 16.9 Å². The summed E-state index contributed by atoms with van der Waals surface area (Å²) in [4.78, 5) is 7.78. The third-order valence-corrected chi connectivity index (χ3v) is 2.75. The van der Waals surface area contributed by atoms with Gasteiger partial charge < -0.3 is 5.32 Å². The quantitative estimate of drug-likeness (QED) is 0.857. The Balaban J connectivity index is 1.99. The molecular formula is C13H11ClN4. The first kappa shape index (κ1) is 12.3. The average Bonchev–Trinajstić information content (AvgIpc) is 2.40. The standard InChI is InChI=1S/C13H11ClN4/c14-12-11(8-15)13(18-9-17-12)16-7-6-10-4-2-1-3-5-10/h1-5,9H,6-7H2,(H,16,17,18). The van der Waals surface area contributed by atoms with E-state index in [0.29, 0.717) is 12.4 Å². The summed E-state index contributed by atoms with van der Waals surface area (Å²) in [6, 6.07) is 12.1. The van der Waals surface area contributed by atoms with E-state index in [9.17, 15) is 0 Å². The van der Waals surface area contributed by atoms with Gasteiger partial charge in [-0.2, -0.15) is 5.26 Å². The molecule has 0 aliphatic rings. The molecule has 0 bridgehead atoms. The summed E-state index contributed by atoms with van der Waals surface area (Å²) in [7, 11) is 0. The maximum atomic E-state index is 8.96. The second-order valence-electron chi connectivity index (χ2n) is 3.66. The van der Waals surface area contributed by atoms with Crippen molar-refractivity contribution in [1.29, 1.82) is 5.26 Å². The third kappa shape index (κ3) is 2.96. The molecule has 1 heterocycles. The molecule has 0 aliphatic carbocycles. The number of hydrogen-bond acceptors (Lipinski definition) is 4. The highest BCUT2D eigenvalue weighted by molar-refractivity contribution is 6.30. The largest absolute Gasteiger partial charge is 0.368 e. The minimum Gasteiger partial charge on any atom is -0.368 e. The SMILES string of the molecule is N#Cc1c(Cl)ncnc1NCCc1ccccc1. The fourth-order valence-electron chi connectivity index (χ4n) is 1.57. The van der Waals surface area contributed by atoms with Crippen LogP contribution in [0.25, 0.3) is 0 Å². The molecule has 1 N–H and O–H groups in total. The number of nitrogens with zero attached hydrogens (tertiary/aromatic N) is 3. The van der Waals surface area contributed by atoms with E-state index in [0.717, 1.165) is 6.42 Å². The van der Waals surface area contributed by atoms with Gasteiger partial charge in [-0.25, -0.2) is 9.97 Å². The molecule has 5 heteroatoms. The van der Waals surface area contributed by atoms with E-state index < -0.39 is 0 Å². The van der Waals surface area contributed by atoms with E-state index in [1.165, 1.54) is 11.9 Å². The molecule has 1 aromatic carbocycles. The summed E-state index contributed by atoms with van der Waals surface area (Å²) in [5.74, 6) is 0.480. The van der Waals surface area contributed by atoms with Crippen LogP contribution in [0.3, 0.4) is 0 Å². The molecule has 0 saturated heterocycles. The molecule has 0 fully saturated rings. The molecule has 18 heavy (non-hydrogen) atoms. The molecule has 0 atom stereocenters. The lowest BCUT2D eigenvalue weighted by Crippen LogP contribution is -2.08. The monoisotopic (exact) mass is 258 g/mol. The van der Waals surface area contributed by atoms with Crippen LogP contribution in [0.2, 0.25) is 5.15 Å². The molecule has 0 amide bonds. The molecule has 2 rings (SSSR count). The Bertz CT molecular complexity index is 563. The van der Waals surface area contributed by atoms with Crippen LogP contribution < -0.4 is 5.32 Å². The third-order valence-electron chi connectivity index (χ3n) is 2.46. The zero-order valence-electron chi connectivity index (χ0n) is 9.60. The maximum absolute atomic E-state index is 8.96. The molecule has 1 aromatic heterocycles. The maximum Gasteiger partial charge on any atom is 0.152 e. The molecule has 0 spiro atoms. The highest BCUT2D eigenvalue weighted by Gasteiger charge is 2.08. The Morgan fingerprint density at radius 2 is 2.00 bits per heavy atom. The van der Waals surface area contributed by atoms with Crippen LogP contribution in [0, 0.1) is 11.3 Å². The highest BCUT2D eigenvalue weighted by atomic mass is 35.5. The smallest absolute Gasteiger partial charge is 0.152 e. The lowest BCUT2D eigenvalue weighted by molar-refractivity contribution is 0.996. The van der Waals surface area contributed by atoms with Crippen LogP contribution in [-0.2, 0) is 6.42 Å². The topological polar surface area (TPSA) is 61.6 Å². The van der Waals surface area contributed by atoms with E-state index in [1.807, 2.05) is 24.3 Å². The Labute approximate surface area is 110 Å². The van der Waals surface area contributed by atoms with Crippen LogP contribution in [0.4, 0.5) is 5.82 Å². The Morgan fingerprint density at radius 3 is 2.72 bits per heavy atom. The number of hydrogen-bond donors (Lipinski definition) is 1. The molecule has 0 radical (unpaired) electrons. The number of aromatic nitrogens is 2. The first-order valence-corrected chi connectivity index (χ1v) is 5.87. The first-order valence-electron chi connectivity index (χ1n) is 5.49. The summed E-state index contributed by atoms with van der Waals surface area (Å²) in [6.07, 6.45) is 2.20. The van der Waals surface area contributed by atoms with Crippen molar-refractivity contribution in [1.82, 2.24) is 9.97 Å². The van der Waals surface area contributed by atoms with E-state index in [-0.39, 0.29) is 10.7 Å². The van der Waals surface area contributed by atoms with Gasteiger partial charge in [-0.3, -0.25) is 0 Å². The summed E-state index contributed by atoms with van der Waals surface area (Å²) in [5, 5.41) is 12.2. The molecular weight excluding hydrogens is 248 g/mol. The zero-order chi connectivity index (χ0) is 12.8. The lowest BCUT2D eigenvalue weighted by Gasteiger charge is -2.07. The molecule has 0 unspecified atom stereocenters. The minimum absolute atomic E-state index is 0.176. The molecule has 90 valence electrons. The van der Waals surface area contributed by atoms with Gasteiger partial charge in [-0.05, 0) is 12.0 Å². The van der Waals surface area contributed by atoms with Crippen molar-refractivity contribution >= 4 is 17.4 Å². The predicted molar refractivity (Wildman–Crippen MR) is 70.4 cm³/mol. The zero-order valence-corrected chi connectivity index (χ0v) is 10.4. The van der Waals surface area contributed by atoms with E-state index >= 15 is 0 Å². The van der Waals surface area contributed by atoms with Crippen molar-refractivity contribution in [3.05, 3.63) is 52.9 Å². The van der Waals surface area contributed by atoms with Crippen LogP contribution >= 0.6 is 11.6 Å². The first-order chi connectivity index (χ1) is 8.81. The second-order valence-corrected chi connectivity index (χ2v) is 4.02. The molecule has 4 nitrogen and oxygen atoms in total. The van der Waals surface area contributed by atoms with Gasteiger partial charge in [0.15, 0.2) is 5.15 Å². The van der Waals surface area contributed by atoms with Crippen LogP contribution in [0.15, 0.2) is 36.7 Å². The Hall–Kier alpha value is -2.12. The number of anilines is 1. The summed E-state index contributed by atoms with van der Waals surface area (Å²) in [5.41, 5.74) is 1.51. The van der Waals surface area contributed by atoms with Crippen molar-refractivity contribution in [2.75, 3.05) is 11.9 Å². The number of nitrogens with one attached hydrogen (secondary N) is 1. The van der Waals surface area contributed by atoms with Crippen molar-refractivity contribution in [2.24, 2.45) is 0 Å². The van der Waals surface area contributed by atoms with Crippen molar-refractivity contribution < 1.29 is 0 Å². The van der Waals surface area contributed by atoms with Gasteiger partial charge in [0.25, 0.3) is 0 Å². The fraction of sp³-hybridized carbons (Fsp3) is 0.154. The molecule has 0 aliphatic heterocycles. The lowest BCUT2D eigenvalue weighted by atomic mass is 10.1. The van der Waals surface area contributed by atoms with Gasteiger partial charge in [0.05, 0.1) is 0 Å². The van der Waals surface area contributed by atoms with Gasteiger partial charge in [-0.1, -0.05) is 41.9 Å². The van der Waals surface area contributed by atoms with Crippen LogP contribution in [0.5, 0.6) is 0 Å². The Kier molecular flexibility index (Phi) is 4.11. The normalized spacial score (nSPS) is 9.78. The fourth-order valence-corrected chi connectivity index (χ4v) is 1.74. The van der Waals surface area contributed by atoms with Gasteiger partial charge in [-0.15, -0.1) is 0 Å². The Morgan fingerprint density at radius 1 is 1.22 bits per heavy atom. The summed E-state index contributed by atoms with van der Waals surface area (Å²) < 4.78 is 0. The number of nitriles is 1. The van der Waals surface area contributed by atoms with Crippen LogP contribution in [-0.4, -0.2) is 16.5 Å². The van der Waals surface area contributed by atoms with Crippen molar-refractivity contribution in [3.8, 4) is 6.07 Å². The predicted octanol–water partition coefficient (Wildman–Crippen LogP) is 2.66. The summed E-state index contributed by atoms with van der Waals surface area (Å²) in [6.45, 7) is 0.687. The molecule has 2 aromatic rings. The highest BCUT2D eigenvalue weighted by Crippen LogP contribution is 2.18. The van der Waals surface area contributed by atoms with Crippen molar-refractivity contribution in [3.63, 3.8) is 0 Å². The van der Waals surface area contributed by atoms with Gasteiger partial charge >= 0.3 is 0 Å². The summed E-state index contributed by atoms with van der Waals surface area (Å²) >= 11 is 5.81. The van der Waals surface area contributed by atoms with Gasteiger partial charge in [0, 0.05) is 6.54 Å². The minimum atomic E-state index is 0.176. The van der Waals surface area contributed by atoms with Crippen LogP contribution in [0.1, 0.15) is 11.1 Å².